The Morgan fingerprint density at radius 1 is 1.08 bits per heavy atom. The second-order valence-electron chi connectivity index (χ2n) is 5.15. The largest absolute Gasteiger partial charge is 0.496 e. The number of amides is 1. The number of carbonyl (C=O) groups is 2. The number of methoxy groups -OCH3 is 3. The first-order valence-electron chi connectivity index (χ1n) is 7.93. The summed E-state index contributed by atoms with van der Waals surface area (Å²) in [4.78, 5) is 23.6. The van der Waals surface area contributed by atoms with Crippen molar-refractivity contribution >= 4 is 18.0 Å². The number of esters is 1. The Kier molecular flexibility index (Phi) is 8.32. The standard InChI is InChI=1S/C18H25NO6/c1-6-9-19-18(21)12(2)25-17(20)8-7-13-10-15(23-4)16(24-5)11-14(13)22-3/h7-8,10-12H,6,9H2,1-5H3,(H,19,21)/b8-7+. The molecule has 7 nitrogen and oxygen atoms in total. The SMILES string of the molecule is CCCNC(=O)C(C)OC(=O)/C=C/c1cc(OC)c(OC)cc1OC. The van der Waals surface area contributed by atoms with Crippen molar-refractivity contribution in [1.29, 1.82) is 0 Å². The lowest BCUT2D eigenvalue weighted by molar-refractivity contribution is -0.150. The van der Waals surface area contributed by atoms with E-state index in [1.807, 2.05) is 6.92 Å². The first-order valence-corrected chi connectivity index (χ1v) is 7.93. The third kappa shape index (κ3) is 6.02. The van der Waals surface area contributed by atoms with Crippen molar-refractivity contribution in [2.75, 3.05) is 27.9 Å². The van der Waals surface area contributed by atoms with Crippen LogP contribution in [0.15, 0.2) is 18.2 Å². The maximum Gasteiger partial charge on any atom is 0.331 e. The Labute approximate surface area is 147 Å². The van der Waals surface area contributed by atoms with Gasteiger partial charge < -0.3 is 24.3 Å². The Bertz CT molecular complexity index is 626. The van der Waals surface area contributed by atoms with Crippen LogP contribution >= 0.6 is 0 Å². The molecule has 25 heavy (non-hydrogen) atoms. The number of hydrogen-bond donors (Lipinski definition) is 1. The van der Waals surface area contributed by atoms with Crippen LogP contribution in [0.5, 0.6) is 17.2 Å². The lowest BCUT2D eigenvalue weighted by Gasteiger charge is -2.13. The highest BCUT2D eigenvalue weighted by Crippen LogP contribution is 2.35. The summed E-state index contributed by atoms with van der Waals surface area (Å²) < 4.78 is 20.8. The molecule has 1 rings (SSSR count). The third-order valence-electron chi connectivity index (χ3n) is 3.35. The van der Waals surface area contributed by atoms with Crippen LogP contribution in [0.25, 0.3) is 6.08 Å². The number of hydrogen-bond acceptors (Lipinski definition) is 6. The van der Waals surface area contributed by atoms with Gasteiger partial charge in [0.15, 0.2) is 17.6 Å². The van der Waals surface area contributed by atoms with E-state index in [2.05, 4.69) is 5.32 Å². The lowest BCUT2D eigenvalue weighted by atomic mass is 10.1. The molecule has 0 aliphatic heterocycles. The van der Waals surface area contributed by atoms with E-state index >= 15 is 0 Å². The predicted octanol–water partition coefficient (Wildman–Crippen LogP) is 2.18. The highest BCUT2D eigenvalue weighted by atomic mass is 16.5. The zero-order chi connectivity index (χ0) is 18.8. The molecule has 1 aromatic carbocycles. The molecule has 1 atom stereocenters. The molecular formula is C18H25NO6. The van der Waals surface area contributed by atoms with E-state index in [0.717, 1.165) is 6.42 Å². The number of carbonyl (C=O) groups excluding carboxylic acids is 2. The van der Waals surface area contributed by atoms with Gasteiger partial charge in [0.2, 0.25) is 0 Å². The predicted molar refractivity (Wildman–Crippen MR) is 94.0 cm³/mol. The van der Waals surface area contributed by atoms with Crippen molar-refractivity contribution in [2.45, 2.75) is 26.4 Å². The monoisotopic (exact) mass is 351 g/mol. The van der Waals surface area contributed by atoms with Gasteiger partial charge in [-0.1, -0.05) is 6.92 Å². The minimum Gasteiger partial charge on any atom is -0.496 e. The molecule has 1 amide bonds. The summed E-state index contributed by atoms with van der Waals surface area (Å²) >= 11 is 0. The van der Waals surface area contributed by atoms with Gasteiger partial charge in [-0.05, 0) is 25.5 Å². The molecule has 138 valence electrons. The normalized spacial score (nSPS) is 11.7. The molecule has 0 bridgehead atoms. The minimum absolute atomic E-state index is 0.327. The fourth-order valence-electron chi connectivity index (χ4n) is 2.00. The van der Waals surface area contributed by atoms with Gasteiger partial charge in [-0.15, -0.1) is 0 Å². The highest BCUT2D eigenvalue weighted by Gasteiger charge is 2.16. The summed E-state index contributed by atoms with van der Waals surface area (Å²) in [6, 6.07) is 3.34. The van der Waals surface area contributed by atoms with Gasteiger partial charge in [-0.2, -0.15) is 0 Å². The molecule has 0 spiro atoms. The smallest absolute Gasteiger partial charge is 0.331 e. The first kappa shape index (κ1) is 20.3. The van der Waals surface area contributed by atoms with Crippen molar-refractivity contribution in [3.8, 4) is 17.2 Å². The van der Waals surface area contributed by atoms with E-state index < -0.39 is 12.1 Å². The summed E-state index contributed by atoms with van der Waals surface area (Å²) in [6.07, 6.45) is 2.70. The maximum absolute atomic E-state index is 11.9. The molecular weight excluding hydrogens is 326 g/mol. The van der Waals surface area contributed by atoms with Gasteiger partial charge in [0.25, 0.3) is 5.91 Å². The van der Waals surface area contributed by atoms with E-state index in [9.17, 15) is 9.59 Å². The van der Waals surface area contributed by atoms with Crippen LogP contribution in [-0.2, 0) is 14.3 Å². The summed E-state index contributed by atoms with van der Waals surface area (Å²) in [5.41, 5.74) is 0.611. The zero-order valence-electron chi connectivity index (χ0n) is 15.3. The van der Waals surface area contributed by atoms with E-state index in [0.29, 0.717) is 29.4 Å². The van der Waals surface area contributed by atoms with E-state index in [1.165, 1.54) is 40.4 Å². The van der Waals surface area contributed by atoms with E-state index in [1.54, 1.807) is 12.1 Å². The van der Waals surface area contributed by atoms with Crippen LogP contribution in [0.1, 0.15) is 25.8 Å². The van der Waals surface area contributed by atoms with Crippen molar-refractivity contribution in [1.82, 2.24) is 5.32 Å². The number of benzene rings is 1. The second kappa shape index (κ2) is 10.2. The molecule has 0 aliphatic carbocycles. The lowest BCUT2D eigenvalue weighted by Crippen LogP contribution is -2.35. The fraction of sp³-hybridized carbons (Fsp3) is 0.444. The van der Waals surface area contributed by atoms with E-state index in [4.69, 9.17) is 18.9 Å². The molecule has 1 aromatic rings. The Morgan fingerprint density at radius 2 is 1.68 bits per heavy atom. The van der Waals surface area contributed by atoms with E-state index in [-0.39, 0.29) is 5.91 Å². The molecule has 7 heteroatoms. The summed E-state index contributed by atoms with van der Waals surface area (Å²) in [6.45, 7) is 4.00. The van der Waals surface area contributed by atoms with Crippen LogP contribution in [0.4, 0.5) is 0 Å². The molecule has 1 N–H and O–H groups in total. The molecule has 0 saturated carbocycles. The van der Waals surface area contributed by atoms with Crippen molar-refractivity contribution in [2.24, 2.45) is 0 Å². The quantitative estimate of drug-likeness (QED) is 0.542. The second-order valence-corrected chi connectivity index (χ2v) is 5.15. The molecule has 1 unspecified atom stereocenters. The zero-order valence-corrected chi connectivity index (χ0v) is 15.3. The number of nitrogens with one attached hydrogen (secondary N) is 1. The van der Waals surface area contributed by atoms with Crippen LogP contribution in [-0.4, -0.2) is 45.9 Å². The van der Waals surface area contributed by atoms with Crippen LogP contribution in [0, 0.1) is 0 Å². The van der Waals surface area contributed by atoms with Gasteiger partial charge in [0, 0.05) is 24.3 Å². The molecule has 0 aliphatic rings. The molecule has 0 fully saturated rings. The summed E-state index contributed by atoms with van der Waals surface area (Å²) in [5.74, 6) is 0.572. The summed E-state index contributed by atoms with van der Waals surface area (Å²) in [5, 5.41) is 2.67. The minimum atomic E-state index is -0.865. The van der Waals surface area contributed by atoms with Gasteiger partial charge in [0.05, 0.1) is 21.3 Å². The van der Waals surface area contributed by atoms with Gasteiger partial charge in [-0.25, -0.2) is 4.79 Å². The van der Waals surface area contributed by atoms with Crippen LogP contribution < -0.4 is 19.5 Å². The number of rotatable bonds is 9. The average molecular weight is 351 g/mol. The summed E-state index contributed by atoms with van der Waals surface area (Å²) in [7, 11) is 4.55. The van der Waals surface area contributed by atoms with Gasteiger partial charge in [-0.3, -0.25) is 4.79 Å². The van der Waals surface area contributed by atoms with Gasteiger partial charge >= 0.3 is 5.97 Å². The molecule has 0 heterocycles. The Morgan fingerprint density at radius 3 is 2.24 bits per heavy atom. The van der Waals surface area contributed by atoms with Crippen molar-refractivity contribution in [3.63, 3.8) is 0 Å². The first-order chi connectivity index (χ1) is 12.0. The fourth-order valence-corrected chi connectivity index (χ4v) is 2.00. The molecule has 0 radical (unpaired) electrons. The molecule has 0 aromatic heterocycles. The van der Waals surface area contributed by atoms with Crippen LogP contribution in [0.3, 0.4) is 0 Å². The highest BCUT2D eigenvalue weighted by molar-refractivity contribution is 5.90. The average Bonchev–Trinajstić information content (AvgIpc) is 2.63. The molecule has 0 saturated heterocycles. The topological polar surface area (TPSA) is 83.1 Å². The van der Waals surface area contributed by atoms with Crippen molar-refractivity contribution in [3.05, 3.63) is 23.8 Å². The maximum atomic E-state index is 11.9. The Hall–Kier alpha value is -2.70. The Balaban J connectivity index is 2.83. The number of ether oxygens (including phenoxy) is 4. The van der Waals surface area contributed by atoms with Crippen LogP contribution in [0.2, 0.25) is 0 Å². The van der Waals surface area contributed by atoms with Gasteiger partial charge in [0.1, 0.15) is 5.75 Å². The van der Waals surface area contributed by atoms with Crippen molar-refractivity contribution < 1.29 is 28.5 Å². The third-order valence-corrected chi connectivity index (χ3v) is 3.35.